The Morgan fingerprint density at radius 3 is 1.37 bits per heavy atom. The Morgan fingerprint density at radius 2 is 0.887 bits per heavy atom. The number of hydrogen-bond acceptors (Lipinski definition) is 16. The number of para-hydroxylation sites is 3. The number of carbonyl (C=O) groups excluding carboxylic acids is 5. The monoisotopic (exact) mass is 850 g/mol. The van der Waals surface area contributed by atoms with Crippen molar-refractivity contribution in [2.75, 3.05) is 27.9 Å². The van der Waals surface area contributed by atoms with Gasteiger partial charge in [-0.05, 0) is 59.7 Å². The molecule has 5 unspecified atom stereocenters. The molecule has 5 aromatic rings. The van der Waals surface area contributed by atoms with Gasteiger partial charge in [0.05, 0.1) is 45.7 Å². The van der Waals surface area contributed by atoms with Crippen LogP contribution < -0.4 is 14.2 Å². The molecule has 0 amide bonds. The van der Waals surface area contributed by atoms with E-state index in [1.54, 1.807) is 48.5 Å². The lowest BCUT2D eigenvalue weighted by Gasteiger charge is -2.28. The van der Waals surface area contributed by atoms with Crippen molar-refractivity contribution < 1.29 is 76.8 Å². The summed E-state index contributed by atoms with van der Waals surface area (Å²) in [7, 11) is 4.03. The topological polar surface area (TPSA) is 209 Å². The van der Waals surface area contributed by atoms with Crippen molar-refractivity contribution in [3.05, 3.63) is 160 Å². The number of benzene rings is 5. The summed E-state index contributed by atoms with van der Waals surface area (Å²) >= 11 is 0. The maximum Gasteiger partial charge on any atom is 0.344 e. The van der Waals surface area contributed by atoms with E-state index in [4.69, 9.17) is 42.6 Å². The molecule has 1 fully saturated rings. The summed E-state index contributed by atoms with van der Waals surface area (Å²) in [6.45, 7) is -1.90. The van der Waals surface area contributed by atoms with Crippen LogP contribution in [0.1, 0.15) is 62.9 Å². The van der Waals surface area contributed by atoms with Crippen LogP contribution in [0.25, 0.3) is 0 Å². The predicted molar refractivity (Wildman–Crippen MR) is 216 cm³/mol. The van der Waals surface area contributed by atoms with E-state index in [1.165, 1.54) is 94.1 Å². The molecule has 62 heavy (non-hydrogen) atoms. The summed E-state index contributed by atoms with van der Waals surface area (Å²) in [4.78, 5) is 69.6. The Kier molecular flexibility index (Phi) is 14.9. The Morgan fingerprint density at radius 1 is 0.500 bits per heavy atom. The van der Waals surface area contributed by atoms with E-state index < -0.39 is 80.4 Å². The number of hydrogen-bond donors (Lipinski definition) is 2. The molecule has 0 bridgehead atoms. The molecule has 16 heteroatoms. The second kappa shape index (κ2) is 20.8. The fourth-order valence-electron chi connectivity index (χ4n) is 6.63. The van der Waals surface area contributed by atoms with E-state index >= 15 is 0 Å². The molecule has 5 atom stereocenters. The minimum Gasteiger partial charge on any atom is -0.496 e. The average molecular weight is 851 g/mol. The maximum atomic E-state index is 14.1. The Balaban J connectivity index is 1.47. The van der Waals surface area contributed by atoms with Gasteiger partial charge in [0.25, 0.3) is 0 Å². The van der Waals surface area contributed by atoms with Gasteiger partial charge in [-0.1, -0.05) is 72.8 Å². The molecule has 6 rings (SSSR count). The molecule has 1 saturated heterocycles. The molecule has 1 heterocycles. The van der Waals surface area contributed by atoms with Crippen molar-refractivity contribution in [1.29, 1.82) is 0 Å². The van der Waals surface area contributed by atoms with Crippen LogP contribution >= 0.6 is 0 Å². The normalized spacial score (nSPS) is 17.2. The van der Waals surface area contributed by atoms with Gasteiger partial charge in [-0.15, -0.1) is 0 Å². The van der Waals surface area contributed by atoms with E-state index in [9.17, 15) is 34.2 Å². The number of ether oxygens (including phenoxy) is 9. The van der Waals surface area contributed by atoms with Crippen LogP contribution in [0, 0.1) is 0 Å². The number of methoxy groups -OCH3 is 3. The van der Waals surface area contributed by atoms with Gasteiger partial charge in [0, 0.05) is 0 Å². The second-order valence-corrected chi connectivity index (χ2v) is 13.4. The average Bonchev–Trinajstić information content (AvgIpc) is 3.64. The highest BCUT2D eigenvalue weighted by atomic mass is 16.8. The van der Waals surface area contributed by atoms with Crippen molar-refractivity contribution in [3.8, 4) is 17.2 Å². The van der Waals surface area contributed by atoms with E-state index in [0.717, 1.165) is 0 Å². The minimum atomic E-state index is -1.90. The number of aliphatic hydroxyl groups excluding tert-OH is 2. The molecule has 0 aromatic heterocycles. The Hall–Kier alpha value is -7.27. The number of aliphatic hydroxyl groups is 2. The molecule has 16 nitrogen and oxygen atoms in total. The van der Waals surface area contributed by atoms with Gasteiger partial charge in [-0.2, -0.15) is 0 Å². The quantitative estimate of drug-likeness (QED) is 0.0920. The van der Waals surface area contributed by atoms with Crippen molar-refractivity contribution >= 4 is 29.8 Å². The highest BCUT2D eigenvalue weighted by Crippen LogP contribution is 2.35. The van der Waals surface area contributed by atoms with Crippen LogP contribution in [-0.4, -0.2) is 98.7 Å². The third-order valence-corrected chi connectivity index (χ3v) is 9.72. The summed E-state index contributed by atoms with van der Waals surface area (Å²) in [6.07, 6.45) is -8.99. The molecule has 1 aliphatic rings. The van der Waals surface area contributed by atoms with E-state index in [-0.39, 0.29) is 56.2 Å². The maximum absolute atomic E-state index is 14.1. The number of esters is 5. The smallest absolute Gasteiger partial charge is 0.344 e. The summed E-state index contributed by atoms with van der Waals surface area (Å²) in [5.74, 6) is -4.64. The molecule has 5 aromatic carbocycles. The molecule has 0 radical (unpaired) electrons. The van der Waals surface area contributed by atoms with Crippen molar-refractivity contribution in [2.24, 2.45) is 0 Å². The van der Waals surface area contributed by atoms with Crippen molar-refractivity contribution in [3.63, 3.8) is 0 Å². The lowest BCUT2D eigenvalue weighted by molar-refractivity contribution is -0.156. The first-order valence-electron chi connectivity index (χ1n) is 19.0. The molecule has 322 valence electrons. The van der Waals surface area contributed by atoms with Crippen LogP contribution in [0.3, 0.4) is 0 Å². The first kappa shape index (κ1) is 44.3. The summed E-state index contributed by atoms with van der Waals surface area (Å²) in [5, 5.41) is 20.1. The van der Waals surface area contributed by atoms with Crippen molar-refractivity contribution in [2.45, 2.75) is 43.9 Å². The van der Waals surface area contributed by atoms with Gasteiger partial charge < -0.3 is 52.8 Å². The first-order chi connectivity index (χ1) is 30.1. The van der Waals surface area contributed by atoms with E-state index in [1.807, 2.05) is 0 Å². The van der Waals surface area contributed by atoms with E-state index in [0.29, 0.717) is 0 Å². The molecule has 0 saturated carbocycles. The van der Waals surface area contributed by atoms with Gasteiger partial charge in [0.2, 0.25) is 12.4 Å². The number of carbonyl (C=O) groups is 5. The molecule has 0 spiro atoms. The zero-order valence-electron chi connectivity index (χ0n) is 33.7. The van der Waals surface area contributed by atoms with Gasteiger partial charge in [-0.25, -0.2) is 24.0 Å². The van der Waals surface area contributed by atoms with Crippen LogP contribution in [0.15, 0.2) is 121 Å². The highest BCUT2D eigenvalue weighted by molar-refractivity contribution is 5.95. The molecular weight excluding hydrogens is 808 g/mol. The van der Waals surface area contributed by atoms with Crippen LogP contribution in [0.4, 0.5) is 0 Å². The summed E-state index contributed by atoms with van der Waals surface area (Å²) < 4.78 is 52.0. The zero-order valence-corrected chi connectivity index (χ0v) is 33.7. The van der Waals surface area contributed by atoms with Gasteiger partial charge in [-0.3, -0.25) is 0 Å². The molecule has 0 aliphatic carbocycles. The Bertz CT molecular complexity index is 2390. The predicted octanol–water partition coefficient (Wildman–Crippen LogP) is 5.11. The molecular formula is C46H42O16. The number of rotatable bonds is 17. The van der Waals surface area contributed by atoms with Crippen LogP contribution in [0.2, 0.25) is 0 Å². The summed E-state index contributed by atoms with van der Waals surface area (Å²) in [6, 6.07) is 30.3. The van der Waals surface area contributed by atoms with Crippen LogP contribution in [0.5, 0.6) is 17.2 Å². The largest absolute Gasteiger partial charge is 0.496 e. The standard InChI is InChI=1S/C46H42O16/c1-54-34-21-11-8-18-31(34)41(49)57-26-37(58-42(50)29-16-6-4-14-27(29)24-47)38-39(59-43(51)30-17-7-5-15-28(30)25-48)40(60-44(52)32-19-9-12-22-35(32)55-2)46(61-38)62-45(53)33-20-10-13-23-36(33)56-3/h4-23,37-40,46-48H,24-26H2,1-3H3. The van der Waals surface area contributed by atoms with Gasteiger partial charge in [0.15, 0.2) is 12.2 Å². The van der Waals surface area contributed by atoms with Crippen LogP contribution in [-0.2, 0) is 41.6 Å². The first-order valence-corrected chi connectivity index (χ1v) is 19.0. The third-order valence-electron chi connectivity index (χ3n) is 9.72. The lowest BCUT2D eigenvalue weighted by atomic mass is 10.0. The van der Waals surface area contributed by atoms with Crippen molar-refractivity contribution in [1.82, 2.24) is 0 Å². The Labute approximate surface area is 355 Å². The SMILES string of the molecule is COc1ccccc1C(=O)OCC(OC(=O)c1ccccc1CO)C1OC(OC(=O)c2ccccc2OC)C(OC(=O)c2ccccc2OC)C1OC(=O)c1ccccc1CO. The third kappa shape index (κ3) is 10.0. The van der Waals surface area contributed by atoms with E-state index in [2.05, 4.69) is 0 Å². The van der Waals surface area contributed by atoms with Gasteiger partial charge >= 0.3 is 29.8 Å². The zero-order chi connectivity index (χ0) is 44.2. The fourth-order valence-corrected chi connectivity index (χ4v) is 6.63. The van der Waals surface area contributed by atoms with Gasteiger partial charge in [0.1, 0.15) is 46.6 Å². The lowest BCUT2D eigenvalue weighted by Crippen LogP contribution is -2.47. The minimum absolute atomic E-state index is 0.00820. The second-order valence-electron chi connectivity index (χ2n) is 13.4. The highest BCUT2D eigenvalue weighted by Gasteiger charge is 2.56. The molecule has 2 N–H and O–H groups in total. The molecule has 1 aliphatic heterocycles. The fraction of sp³-hybridized carbons (Fsp3) is 0.239. The summed E-state index contributed by atoms with van der Waals surface area (Å²) in [5.41, 5.74) is 0.0713.